The van der Waals surface area contributed by atoms with Gasteiger partial charge in [-0.1, -0.05) is 0 Å². The van der Waals surface area contributed by atoms with Crippen LogP contribution in [-0.4, -0.2) is 88.6 Å². The van der Waals surface area contributed by atoms with Crippen molar-refractivity contribution in [3.63, 3.8) is 0 Å². The van der Waals surface area contributed by atoms with Crippen LogP contribution >= 0.6 is 10.0 Å². The van der Waals surface area contributed by atoms with E-state index < -0.39 is 15.6 Å². The Morgan fingerprint density at radius 3 is 2.45 bits per heavy atom. The molecule has 3 rings (SSSR count). The minimum atomic E-state index is -0.514. The Labute approximate surface area is 177 Å². The van der Waals surface area contributed by atoms with Gasteiger partial charge >= 0.3 is 6.09 Å². The second-order valence-corrected chi connectivity index (χ2v) is 15.2. The van der Waals surface area contributed by atoms with Crippen LogP contribution in [0.4, 0.5) is 4.79 Å². The van der Waals surface area contributed by atoms with Gasteiger partial charge in [0.05, 0.1) is 12.3 Å². The molecule has 0 unspecified atom stereocenters. The molecule has 1 amide bonds. The number of amides is 1. The molecule has 0 aliphatic carbocycles. The van der Waals surface area contributed by atoms with Crippen LogP contribution in [0.5, 0.6) is 0 Å². The van der Waals surface area contributed by atoms with E-state index in [0.29, 0.717) is 6.73 Å². The fraction of sp³-hybridized carbons (Fsp3) is 0.810. The van der Waals surface area contributed by atoms with Gasteiger partial charge in [0.2, 0.25) is 0 Å². The number of carbonyl (C=O) groups is 1. The summed E-state index contributed by atoms with van der Waals surface area (Å²) in [6.45, 7) is 13.7. The van der Waals surface area contributed by atoms with Crippen LogP contribution < -0.4 is 0 Å². The highest BCUT2D eigenvalue weighted by molar-refractivity contribution is 8.32. The lowest BCUT2D eigenvalue weighted by Gasteiger charge is -2.60. The molecule has 1 aromatic heterocycles. The summed E-state index contributed by atoms with van der Waals surface area (Å²) in [5, 5.41) is 4.60. The molecule has 0 bridgehead atoms. The van der Waals surface area contributed by atoms with Crippen LogP contribution in [-0.2, 0) is 22.7 Å². The lowest BCUT2D eigenvalue weighted by Crippen LogP contribution is -2.72. The molecule has 0 atom stereocenters. The van der Waals surface area contributed by atoms with E-state index in [0.717, 1.165) is 50.8 Å². The number of hydrogen-bond acceptors (Lipinski definition) is 5. The molecule has 29 heavy (non-hydrogen) atoms. The average Bonchev–Trinajstić information content (AvgIpc) is 2.82. The lowest BCUT2D eigenvalue weighted by molar-refractivity contribution is -0.115. The van der Waals surface area contributed by atoms with Crippen molar-refractivity contribution in [1.29, 1.82) is 0 Å². The summed E-state index contributed by atoms with van der Waals surface area (Å²) in [5.41, 5.74) is 2.16. The Bertz CT molecular complexity index is 721. The number of likely N-dealkylation sites (tertiary alicyclic amines) is 2. The number of carbonyl (C=O) groups excluding carboxylic acids is 1. The minimum Gasteiger partial charge on any atom is -0.444 e. The van der Waals surface area contributed by atoms with Gasteiger partial charge in [-0.05, 0) is 46.5 Å². The molecule has 2 aliphatic heterocycles. The van der Waals surface area contributed by atoms with E-state index in [4.69, 9.17) is 9.47 Å². The highest BCUT2D eigenvalue weighted by Crippen LogP contribution is 2.41. The van der Waals surface area contributed by atoms with Crippen LogP contribution in [0, 0.1) is 12.3 Å². The Morgan fingerprint density at radius 2 is 1.86 bits per heavy atom. The average molecular weight is 427 g/mol. The summed E-state index contributed by atoms with van der Waals surface area (Å²) < 4.78 is 13.2. The minimum absolute atomic E-state index is 0.188. The molecule has 0 radical (unpaired) electrons. The van der Waals surface area contributed by atoms with Crippen molar-refractivity contribution < 1.29 is 14.3 Å². The Balaban J connectivity index is 1.39. The van der Waals surface area contributed by atoms with Crippen LogP contribution in [0.15, 0.2) is 6.20 Å². The topological polar surface area (TPSA) is 59.8 Å². The van der Waals surface area contributed by atoms with Gasteiger partial charge in [-0.3, -0.25) is 4.90 Å². The summed E-state index contributed by atoms with van der Waals surface area (Å²) in [6.07, 6.45) is 8.84. The predicted octanol–water partition coefficient (Wildman–Crippen LogP) is 2.91. The quantitative estimate of drug-likeness (QED) is 0.628. The van der Waals surface area contributed by atoms with Crippen molar-refractivity contribution in [1.82, 2.24) is 19.6 Å². The molecule has 3 heterocycles. The third-order valence-electron chi connectivity index (χ3n) is 5.33. The maximum atomic E-state index is 12.1. The van der Waals surface area contributed by atoms with E-state index >= 15 is 0 Å². The van der Waals surface area contributed by atoms with Gasteiger partial charge in [0.15, 0.2) is 0 Å². The first-order valence-corrected chi connectivity index (χ1v) is 13.3. The molecule has 2 saturated heterocycles. The van der Waals surface area contributed by atoms with Crippen molar-refractivity contribution in [2.24, 2.45) is 5.41 Å². The highest BCUT2D eigenvalue weighted by atomic mass is 32.3. The first kappa shape index (κ1) is 22.4. The van der Waals surface area contributed by atoms with Crippen molar-refractivity contribution in [3.8, 4) is 0 Å². The third-order valence-corrected chi connectivity index (χ3v) is 6.72. The standard InChI is InChI=1S/C21H38N4O3S/c1-17-18(11-25(22-17)16-27-8-9-29(5,6)7)10-23-12-21(13-23)14-24(15-21)19(26)28-20(2,3)4/h11H,8-10,12-16H2,1-7H3. The summed E-state index contributed by atoms with van der Waals surface area (Å²) >= 11 is 0. The first-order chi connectivity index (χ1) is 13.3. The van der Waals surface area contributed by atoms with Crippen LogP contribution in [0.2, 0.25) is 0 Å². The van der Waals surface area contributed by atoms with Crippen molar-refractivity contribution in [2.75, 3.05) is 57.3 Å². The predicted molar refractivity (Wildman–Crippen MR) is 119 cm³/mol. The van der Waals surface area contributed by atoms with Gasteiger partial charge < -0.3 is 14.4 Å². The van der Waals surface area contributed by atoms with E-state index in [1.807, 2.05) is 30.4 Å². The molecule has 7 nitrogen and oxygen atoms in total. The van der Waals surface area contributed by atoms with E-state index in [2.05, 4.69) is 41.9 Å². The normalized spacial score (nSPS) is 19.8. The molecule has 8 heteroatoms. The van der Waals surface area contributed by atoms with E-state index in [1.165, 1.54) is 5.56 Å². The van der Waals surface area contributed by atoms with E-state index in [-0.39, 0.29) is 11.5 Å². The molecular weight excluding hydrogens is 388 g/mol. The van der Waals surface area contributed by atoms with E-state index in [9.17, 15) is 4.79 Å². The molecule has 1 spiro atoms. The Kier molecular flexibility index (Phi) is 6.28. The SMILES string of the molecule is Cc1nn(COCCS(C)(C)C)cc1CN1CC2(C1)CN(C(=O)OC(C)(C)C)C2. The Morgan fingerprint density at radius 1 is 1.21 bits per heavy atom. The van der Waals surface area contributed by atoms with Gasteiger partial charge in [0.25, 0.3) is 0 Å². The first-order valence-electron chi connectivity index (χ1n) is 10.3. The van der Waals surface area contributed by atoms with Gasteiger partial charge in [0, 0.05) is 55.7 Å². The molecular formula is C21H38N4O3S. The zero-order chi connectivity index (χ0) is 21.4. The molecule has 1 aromatic rings. The summed E-state index contributed by atoms with van der Waals surface area (Å²) in [4.78, 5) is 16.4. The third kappa shape index (κ3) is 6.12. The van der Waals surface area contributed by atoms with Gasteiger partial charge in [-0.15, -0.1) is 0 Å². The second-order valence-electron chi connectivity index (χ2n) is 10.6. The number of nitrogens with zero attached hydrogens (tertiary/aromatic N) is 4. The molecule has 0 saturated carbocycles. The largest absolute Gasteiger partial charge is 0.444 e. The number of hydrogen-bond donors (Lipinski definition) is 0. The van der Waals surface area contributed by atoms with Gasteiger partial charge in [0.1, 0.15) is 12.3 Å². The van der Waals surface area contributed by atoms with Gasteiger partial charge in [-0.25, -0.2) is 19.5 Å². The number of rotatable bonds is 7. The van der Waals surface area contributed by atoms with Gasteiger partial charge in [-0.2, -0.15) is 5.10 Å². The number of aryl methyl sites for hydroxylation is 1. The maximum Gasteiger partial charge on any atom is 0.410 e. The summed E-state index contributed by atoms with van der Waals surface area (Å²) in [7, 11) is -0.514. The van der Waals surface area contributed by atoms with Crippen molar-refractivity contribution >= 4 is 16.1 Å². The second kappa shape index (κ2) is 8.12. The monoisotopic (exact) mass is 426 g/mol. The van der Waals surface area contributed by atoms with Crippen LogP contribution in [0.25, 0.3) is 0 Å². The molecule has 0 aromatic carbocycles. The molecule has 2 aliphatic rings. The summed E-state index contributed by atoms with van der Waals surface area (Å²) in [6, 6.07) is 0. The molecule has 2 fully saturated rings. The Hall–Kier alpha value is -1.25. The van der Waals surface area contributed by atoms with E-state index in [1.54, 1.807) is 0 Å². The number of ether oxygens (including phenoxy) is 2. The fourth-order valence-corrected chi connectivity index (χ4v) is 4.54. The van der Waals surface area contributed by atoms with Crippen molar-refractivity contribution in [2.45, 2.75) is 46.6 Å². The lowest BCUT2D eigenvalue weighted by atomic mass is 9.73. The number of aromatic nitrogens is 2. The van der Waals surface area contributed by atoms with Crippen LogP contribution in [0.3, 0.4) is 0 Å². The van der Waals surface area contributed by atoms with Crippen LogP contribution in [0.1, 0.15) is 32.0 Å². The molecule has 166 valence electrons. The fourth-order valence-electron chi connectivity index (χ4n) is 3.92. The zero-order valence-corrected chi connectivity index (χ0v) is 20.0. The maximum absolute atomic E-state index is 12.1. The molecule has 0 N–H and O–H groups in total. The van der Waals surface area contributed by atoms with Crippen molar-refractivity contribution in [3.05, 3.63) is 17.5 Å². The highest BCUT2D eigenvalue weighted by Gasteiger charge is 2.53. The smallest absolute Gasteiger partial charge is 0.410 e. The summed E-state index contributed by atoms with van der Waals surface area (Å²) in [5.74, 6) is 1.12. The zero-order valence-electron chi connectivity index (χ0n) is 19.2.